The van der Waals surface area contributed by atoms with Gasteiger partial charge in [0.2, 0.25) is 0 Å². The summed E-state index contributed by atoms with van der Waals surface area (Å²) in [5.41, 5.74) is 4.31. The van der Waals surface area contributed by atoms with Crippen molar-refractivity contribution >= 4 is 28.3 Å². The van der Waals surface area contributed by atoms with Gasteiger partial charge >= 0.3 is 5.97 Å². The van der Waals surface area contributed by atoms with E-state index in [1.165, 1.54) is 11.3 Å². The highest BCUT2D eigenvalue weighted by atomic mass is 32.1. The van der Waals surface area contributed by atoms with Gasteiger partial charge in [-0.05, 0) is 38.3 Å². The summed E-state index contributed by atoms with van der Waals surface area (Å²) < 4.78 is 5.05. The van der Waals surface area contributed by atoms with Gasteiger partial charge < -0.3 is 9.72 Å². The van der Waals surface area contributed by atoms with E-state index >= 15 is 0 Å². The van der Waals surface area contributed by atoms with Gasteiger partial charge in [-0.15, -0.1) is 11.3 Å². The van der Waals surface area contributed by atoms with Crippen LogP contribution in [0.2, 0.25) is 0 Å². The average Bonchev–Trinajstić information content (AvgIpc) is 3.21. The first-order chi connectivity index (χ1) is 15.3. The van der Waals surface area contributed by atoms with E-state index in [1.54, 1.807) is 13.8 Å². The third kappa shape index (κ3) is 5.47. The Morgan fingerprint density at radius 2 is 1.94 bits per heavy atom. The number of pyridine rings is 1. The summed E-state index contributed by atoms with van der Waals surface area (Å²) >= 11 is 1.29. The molecule has 1 amide bonds. The third-order valence-corrected chi connectivity index (χ3v) is 5.72. The van der Waals surface area contributed by atoms with Crippen molar-refractivity contribution in [3.63, 3.8) is 0 Å². The maximum Gasteiger partial charge on any atom is 0.306 e. The van der Waals surface area contributed by atoms with E-state index in [-0.39, 0.29) is 18.4 Å². The van der Waals surface area contributed by atoms with Gasteiger partial charge in [-0.3, -0.25) is 19.7 Å². The monoisotopic (exact) mass is 450 g/mol. The van der Waals surface area contributed by atoms with Crippen molar-refractivity contribution in [1.29, 1.82) is 5.26 Å². The Balaban J connectivity index is 1.51. The lowest BCUT2D eigenvalue weighted by atomic mass is 9.99. The maximum atomic E-state index is 12.1. The number of carbonyl (C=O) groups is 2. The fourth-order valence-electron chi connectivity index (χ4n) is 3.21. The Labute approximate surface area is 188 Å². The predicted molar refractivity (Wildman–Crippen MR) is 121 cm³/mol. The zero-order valence-electron chi connectivity index (χ0n) is 17.9. The number of rotatable bonds is 7. The highest BCUT2D eigenvalue weighted by molar-refractivity contribution is 7.14. The average molecular weight is 451 g/mol. The molecule has 2 heterocycles. The van der Waals surface area contributed by atoms with E-state index in [0.29, 0.717) is 22.0 Å². The van der Waals surface area contributed by atoms with Crippen LogP contribution in [0.4, 0.5) is 5.13 Å². The van der Waals surface area contributed by atoms with Crippen LogP contribution in [0.25, 0.3) is 11.3 Å². The summed E-state index contributed by atoms with van der Waals surface area (Å²) in [6.07, 6.45) is 0.302. The van der Waals surface area contributed by atoms with Crippen LogP contribution < -0.4 is 10.9 Å². The quantitative estimate of drug-likeness (QED) is 0.532. The van der Waals surface area contributed by atoms with Gasteiger partial charge in [0.25, 0.3) is 11.5 Å². The summed E-state index contributed by atoms with van der Waals surface area (Å²) in [5, 5.41) is 14.0. The molecule has 0 unspecified atom stereocenters. The van der Waals surface area contributed by atoms with Crippen molar-refractivity contribution in [1.82, 2.24) is 9.97 Å². The second kappa shape index (κ2) is 10.0. The third-order valence-electron chi connectivity index (χ3n) is 4.96. The highest BCUT2D eigenvalue weighted by Gasteiger charge is 2.15. The Morgan fingerprint density at radius 3 is 2.62 bits per heavy atom. The first kappa shape index (κ1) is 22.9. The van der Waals surface area contributed by atoms with E-state index in [1.807, 2.05) is 42.6 Å². The van der Waals surface area contributed by atoms with Crippen molar-refractivity contribution in [3.05, 3.63) is 67.9 Å². The standard InChI is InChI=1S/C23H22N4O4S/c1-13-4-6-16(7-5-13)19-12-32-23(26-19)27-20(28)11-31-21(29)9-8-17-14(2)18(10-24)22(30)25-15(17)3/h4-7,12H,8-9,11H2,1-3H3,(H,25,30)(H,26,27,28). The number of carbonyl (C=O) groups excluding carboxylic acids is 2. The van der Waals surface area contributed by atoms with Crippen LogP contribution >= 0.6 is 11.3 Å². The molecule has 164 valence electrons. The fraction of sp³-hybridized carbons (Fsp3) is 0.261. The van der Waals surface area contributed by atoms with Crippen LogP contribution in [0.3, 0.4) is 0 Å². The van der Waals surface area contributed by atoms with Crippen LogP contribution in [-0.2, 0) is 20.7 Å². The van der Waals surface area contributed by atoms with E-state index in [9.17, 15) is 14.4 Å². The smallest absolute Gasteiger partial charge is 0.306 e. The molecule has 2 aromatic heterocycles. The number of esters is 1. The number of benzene rings is 1. The summed E-state index contributed by atoms with van der Waals surface area (Å²) in [6.45, 7) is 4.96. The van der Waals surface area contributed by atoms with E-state index < -0.39 is 24.0 Å². The van der Waals surface area contributed by atoms with Gasteiger partial charge in [0, 0.05) is 23.1 Å². The molecular weight excluding hydrogens is 428 g/mol. The molecule has 9 heteroatoms. The minimum atomic E-state index is -0.553. The molecule has 3 aromatic rings. The SMILES string of the molecule is Cc1ccc(-c2csc(NC(=O)COC(=O)CCc3c(C)[nH]c(=O)c(C#N)c3C)n2)cc1. The largest absolute Gasteiger partial charge is 0.456 e. The summed E-state index contributed by atoms with van der Waals surface area (Å²) in [6, 6.07) is 9.78. The lowest BCUT2D eigenvalue weighted by Gasteiger charge is -2.10. The minimum Gasteiger partial charge on any atom is -0.456 e. The molecule has 0 aliphatic rings. The number of hydrogen-bond acceptors (Lipinski definition) is 7. The highest BCUT2D eigenvalue weighted by Crippen LogP contribution is 2.25. The number of H-pyrrole nitrogens is 1. The second-order valence-corrected chi connectivity index (χ2v) is 8.14. The predicted octanol–water partition coefficient (Wildman–Crippen LogP) is 3.41. The van der Waals surface area contributed by atoms with Crippen LogP contribution in [0.15, 0.2) is 34.4 Å². The molecule has 0 atom stereocenters. The zero-order chi connectivity index (χ0) is 23.3. The Bertz CT molecular complexity index is 1250. The molecular formula is C23H22N4O4S. The number of ether oxygens (including phenoxy) is 1. The summed E-state index contributed by atoms with van der Waals surface area (Å²) in [7, 11) is 0. The van der Waals surface area contributed by atoms with Gasteiger partial charge in [-0.25, -0.2) is 4.98 Å². The number of amides is 1. The molecule has 0 aliphatic carbocycles. The number of aromatic amines is 1. The van der Waals surface area contributed by atoms with Crippen molar-refractivity contribution in [2.75, 3.05) is 11.9 Å². The Morgan fingerprint density at radius 1 is 1.22 bits per heavy atom. The maximum absolute atomic E-state index is 12.1. The number of thiazole rings is 1. The minimum absolute atomic E-state index is 0.0146. The molecule has 0 bridgehead atoms. The lowest BCUT2D eigenvalue weighted by Crippen LogP contribution is -2.21. The van der Waals surface area contributed by atoms with Crippen LogP contribution in [-0.4, -0.2) is 28.5 Å². The molecule has 0 saturated carbocycles. The molecule has 2 N–H and O–H groups in total. The normalized spacial score (nSPS) is 10.4. The van der Waals surface area contributed by atoms with Gasteiger partial charge in [-0.1, -0.05) is 29.8 Å². The van der Waals surface area contributed by atoms with Gasteiger partial charge in [0.15, 0.2) is 11.7 Å². The number of nitrogens with one attached hydrogen (secondary N) is 2. The topological polar surface area (TPSA) is 125 Å². The molecule has 1 aromatic carbocycles. The van der Waals surface area contributed by atoms with Crippen molar-refractivity contribution < 1.29 is 14.3 Å². The molecule has 0 spiro atoms. The van der Waals surface area contributed by atoms with Gasteiger partial charge in [0.1, 0.15) is 11.6 Å². The van der Waals surface area contributed by atoms with Crippen molar-refractivity contribution in [2.45, 2.75) is 33.6 Å². The first-order valence-corrected chi connectivity index (χ1v) is 10.8. The van der Waals surface area contributed by atoms with E-state index in [4.69, 9.17) is 10.00 Å². The molecule has 0 radical (unpaired) electrons. The molecule has 0 saturated heterocycles. The summed E-state index contributed by atoms with van der Waals surface area (Å²) in [4.78, 5) is 43.0. The van der Waals surface area contributed by atoms with Crippen LogP contribution in [0, 0.1) is 32.1 Å². The van der Waals surface area contributed by atoms with Crippen molar-refractivity contribution in [3.8, 4) is 17.3 Å². The number of aromatic nitrogens is 2. The van der Waals surface area contributed by atoms with Crippen LogP contribution in [0.1, 0.15) is 34.4 Å². The number of aryl methyl sites for hydroxylation is 2. The summed E-state index contributed by atoms with van der Waals surface area (Å²) in [5.74, 6) is -1.03. The van der Waals surface area contributed by atoms with E-state index in [0.717, 1.165) is 16.8 Å². The number of nitrogens with zero attached hydrogens (tertiary/aromatic N) is 2. The van der Waals surface area contributed by atoms with Crippen LogP contribution in [0.5, 0.6) is 0 Å². The molecule has 0 aliphatic heterocycles. The first-order valence-electron chi connectivity index (χ1n) is 9.89. The Hall–Kier alpha value is -3.77. The number of hydrogen-bond donors (Lipinski definition) is 2. The number of anilines is 1. The molecule has 32 heavy (non-hydrogen) atoms. The lowest BCUT2D eigenvalue weighted by molar-refractivity contribution is -0.147. The Kier molecular flexibility index (Phi) is 7.18. The fourth-order valence-corrected chi connectivity index (χ4v) is 3.94. The van der Waals surface area contributed by atoms with Crippen molar-refractivity contribution in [2.24, 2.45) is 0 Å². The second-order valence-electron chi connectivity index (χ2n) is 7.28. The van der Waals surface area contributed by atoms with Gasteiger partial charge in [0.05, 0.1) is 5.69 Å². The molecule has 0 fully saturated rings. The zero-order valence-corrected chi connectivity index (χ0v) is 18.8. The molecule has 3 rings (SSSR count). The molecule has 8 nitrogen and oxygen atoms in total. The van der Waals surface area contributed by atoms with E-state index in [2.05, 4.69) is 15.3 Å². The van der Waals surface area contributed by atoms with Gasteiger partial charge in [-0.2, -0.15) is 5.26 Å². The number of nitriles is 1.